The SMILES string of the molecule is O=S(=O)(Cc1cccc(O)c1)C1CCNC1. The van der Waals surface area contributed by atoms with Crippen LogP contribution in [0, 0.1) is 0 Å². The molecule has 1 aromatic rings. The maximum Gasteiger partial charge on any atom is 0.158 e. The van der Waals surface area contributed by atoms with Crippen LogP contribution in [0.15, 0.2) is 24.3 Å². The van der Waals surface area contributed by atoms with E-state index in [1.807, 2.05) is 0 Å². The van der Waals surface area contributed by atoms with Crippen LogP contribution in [-0.4, -0.2) is 31.9 Å². The molecule has 0 radical (unpaired) electrons. The third-order valence-electron chi connectivity index (χ3n) is 2.80. The summed E-state index contributed by atoms with van der Waals surface area (Å²) in [5, 5.41) is 12.0. The van der Waals surface area contributed by atoms with Gasteiger partial charge in [0.2, 0.25) is 0 Å². The van der Waals surface area contributed by atoms with Crippen LogP contribution >= 0.6 is 0 Å². The Hall–Kier alpha value is -1.07. The molecule has 1 aliphatic rings. The summed E-state index contributed by atoms with van der Waals surface area (Å²) < 4.78 is 24.0. The van der Waals surface area contributed by atoms with Crippen LogP contribution in [0.25, 0.3) is 0 Å². The van der Waals surface area contributed by atoms with Crippen LogP contribution in [-0.2, 0) is 15.6 Å². The Morgan fingerprint density at radius 3 is 2.88 bits per heavy atom. The molecular weight excluding hydrogens is 226 g/mol. The molecule has 4 nitrogen and oxygen atoms in total. The van der Waals surface area contributed by atoms with Crippen LogP contribution in [0.5, 0.6) is 5.75 Å². The standard InChI is InChI=1S/C11H15NO3S/c13-10-3-1-2-9(6-10)8-16(14,15)11-4-5-12-7-11/h1-3,6,11-13H,4-5,7-8H2. The third-order valence-corrected chi connectivity index (χ3v) is 4.96. The van der Waals surface area contributed by atoms with E-state index >= 15 is 0 Å². The molecule has 0 saturated carbocycles. The van der Waals surface area contributed by atoms with Crippen molar-refractivity contribution in [3.63, 3.8) is 0 Å². The summed E-state index contributed by atoms with van der Waals surface area (Å²) in [6, 6.07) is 6.42. The van der Waals surface area contributed by atoms with Gasteiger partial charge in [0.15, 0.2) is 9.84 Å². The minimum atomic E-state index is -3.10. The predicted molar refractivity (Wildman–Crippen MR) is 62.0 cm³/mol. The third kappa shape index (κ3) is 2.54. The first-order chi connectivity index (χ1) is 7.58. The molecule has 5 heteroatoms. The van der Waals surface area contributed by atoms with E-state index in [1.54, 1.807) is 12.1 Å². The molecule has 88 valence electrons. The first kappa shape index (κ1) is 11.4. The van der Waals surface area contributed by atoms with E-state index in [2.05, 4.69) is 5.32 Å². The van der Waals surface area contributed by atoms with Crippen LogP contribution in [0.4, 0.5) is 0 Å². The molecule has 2 N–H and O–H groups in total. The normalized spacial score (nSPS) is 21.1. The lowest BCUT2D eigenvalue weighted by Crippen LogP contribution is -2.25. The maximum atomic E-state index is 12.0. The molecule has 0 spiro atoms. The first-order valence-corrected chi connectivity index (χ1v) is 7.00. The summed E-state index contributed by atoms with van der Waals surface area (Å²) in [6.45, 7) is 1.31. The Balaban J connectivity index is 2.14. The fourth-order valence-corrected chi connectivity index (χ4v) is 3.66. The highest BCUT2D eigenvalue weighted by Crippen LogP contribution is 2.18. The summed E-state index contributed by atoms with van der Waals surface area (Å²) in [5.41, 5.74) is 0.645. The molecule has 2 rings (SSSR count). The zero-order valence-corrected chi connectivity index (χ0v) is 9.70. The van der Waals surface area contributed by atoms with Crippen molar-refractivity contribution in [3.05, 3.63) is 29.8 Å². The monoisotopic (exact) mass is 241 g/mol. The number of phenols is 1. The van der Waals surface area contributed by atoms with Crippen molar-refractivity contribution in [3.8, 4) is 5.75 Å². The van der Waals surface area contributed by atoms with Gasteiger partial charge in [-0.1, -0.05) is 12.1 Å². The molecule has 0 bridgehead atoms. The van der Waals surface area contributed by atoms with Gasteiger partial charge in [-0.2, -0.15) is 0 Å². The zero-order valence-electron chi connectivity index (χ0n) is 8.89. The summed E-state index contributed by atoms with van der Waals surface area (Å²) in [6.07, 6.45) is 0.682. The molecule has 16 heavy (non-hydrogen) atoms. The molecular formula is C11H15NO3S. The molecule has 0 aromatic heterocycles. The number of sulfone groups is 1. The van der Waals surface area contributed by atoms with Crippen molar-refractivity contribution in [2.24, 2.45) is 0 Å². The first-order valence-electron chi connectivity index (χ1n) is 5.28. The van der Waals surface area contributed by atoms with Gasteiger partial charge < -0.3 is 10.4 Å². The van der Waals surface area contributed by atoms with Crippen LogP contribution in [0.3, 0.4) is 0 Å². The number of nitrogens with one attached hydrogen (secondary N) is 1. The van der Waals surface area contributed by atoms with Gasteiger partial charge in [-0.15, -0.1) is 0 Å². The lowest BCUT2D eigenvalue weighted by Gasteiger charge is -2.10. The quantitative estimate of drug-likeness (QED) is 0.816. The molecule has 1 heterocycles. The fourth-order valence-electron chi connectivity index (χ4n) is 1.93. The van der Waals surface area contributed by atoms with Crippen molar-refractivity contribution >= 4 is 9.84 Å². The number of phenolic OH excluding ortho intramolecular Hbond substituents is 1. The second-order valence-corrected chi connectivity index (χ2v) is 6.37. The summed E-state index contributed by atoms with van der Waals surface area (Å²) in [5.74, 6) is 0.116. The highest BCUT2D eigenvalue weighted by atomic mass is 32.2. The molecule has 1 saturated heterocycles. The second-order valence-electron chi connectivity index (χ2n) is 4.09. The summed E-state index contributed by atoms with van der Waals surface area (Å²) >= 11 is 0. The number of rotatable bonds is 3. The predicted octanol–water partition coefficient (Wildman–Crippen LogP) is 0.669. The van der Waals surface area contributed by atoms with E-state index in [0.717, 1.165) is 6.54 Å². The van der Waals surface area contributed by atoms with Gasteiger partial charge in [-0.25, -0.2) is 8.42 Å². The van der Waals surface area contributed by atoms with Crippen molar-refractivity contribution in [1.29, 1.82) is 0 Å². The summed E-state index contributed by atoms with van der Waals surface area (Å²) in [4.78, 5) is 0. The zero-order chi connectivity index (χ0) is 11.6. The minimum absolute atomic E-state index is 0.00769. The number of hydrogen-bond donors (Lipinski definition) is 2. The van der Waals surface area contributed by atoms with Crippen LogP contribution in [0.2, 0.25) is 0 Å². The highest BCUT2D eigenvalue weighted by molar-refractivity contribution is 7.91. The lowest BCUT2D eigenvalue weighted by atomic mass is 10.2. The number of hydrogen-bond acceptors (Lipinski definition) is 4. The number of benzene rings is 1. The van der Waals surface area contributed by atoms with E-state index < -0.39 is 9.84 Å². The van der Waals surface area contributed by atoms with Crippen molar-refractivity contribution in [2.75, 3.05) is 13.1 Å². The van der Waals surface area contributed by atoms with E-state index in [1.165, 1.54) is 12.1 Å². The molecule has 0 aliphatic carbocycles. The van der Waals surface area contributed by atoms with Gasteiger partial charge in [0.1, 0.15) is 5.75 Å². The van der Waals surface area contributed by atoms with Gasteiger partial charge in [-0.05, 0) is 30.7 Å². The number of aromatic hydroxyl groups is 1. The van der Waals surface area contributed by atoms with Crippen molar-refractivity contribution in [2.45, 2.75) is 17.4 Å². The van der Waals surface area contributed by atoms with E-state index in [0.29, 0.717) is 18.5 Å². The smallest absolute Gasteiger partial charge is 0.158 e. The van der Waals surface area contributed by atoms with E-state index in [4.69, 9.17) is 0 Å². The molecule has 1 fully saturated rings. The Bertz CT molecular complexity index is 464. The van der Waals surface area contributed by atoms with Gasteiger partial charge in [0.25, 0.3) is 0 Å². The van der Waals surface area contributed by atoms with Crippen molar-refractivity contribution < 1.29 is 13.5 Å². The summed E-state index contributed by atoms with van der Waals surface area (Å²) in [7, 11) is -3.10. The highest BCUT2D eigenvalue weighted by Gasteiger charge is 2.28. The molecule has 1 aliphatic heterocycles. The molecule has 1 atom stereocenters. The Kier molecular flexibility index (Phi) is 3.16. The molecule has 0 amide bonds. The second kappa shape index (κ2) is 4.43. The van der Waals surface area contributed by atoms with E-state index in [-0.39, 0.29) is 16.8 Å². The van der Waals surface area contributed by atoms with Gasteiger partial charge in [-0.3, -0.25) is 0 Å². The van der Waals surface area contributed by atoms with E-state index in [9.17, 15) is 13.5 Å². The van der Waals surface area contributed by atoms with Gasteiger partial charge in [0.05, 0.1) is 11.0 Å². The largest absolute Gasteiger partial charge is 0.508 e. The topological polar surface area (TPSA) is 66.4 Å². The van der Waals surface area contributed by atoms with Crippen LogP contribution in [0.1, 0.15) is 12.0 Å². The molecule has 1 aromatic carbocycles. The fraction of sp³-hybridized carbons (Fsp3) is 0.455. The Labute approximate surface area is 95.2 Å². The minimum Gasteiger partial charge on any atom is -0.508 e. The average Bonchev–Trinajstić information content (AvgIpc) is 2.69. The average molecular weight is 241 g/mol. The van der Waals surface area contributed by atoms with Gasteiger partial charge >= 0.3 is 0 Å². The Morgan fingerprint density at radius 1 is 1.44 bits per heavy atom. The van der Waals surface area contributed by atoms with Crippen molar-refractivity contribution in [1.82, 2.24) is 5.32 Å². The molecule has 1 unspecified atom stereocenters. The lowest BCUT2D eigenvalue weighted by molar-refractivity contribution is 0.475. The Morgan fingerprint density at radius 2 is 2.25 bits per heavy atom. The van der Waals surface area contributed by atoms with Crippen LogP contribution < -0.4 is 5.32 Å². The maximum absolute atomic E-state index is 12.0. The van der Waals surface area contributed by atoms with Gasteiger partial charge in [0, 0.05) is 6.54 Å².